The van der Waals surface area contributed by atoms with Crippen LogP contribution in [0.3, 0.4) is 0 Å². The lowest BCUT2D eigenvalue weighted by molar-refractivity contribution is 0.0152. The molecule has 106 valence electrons. The molecule has 0 radical (unpaired) electrons. The molecule has 0 saturated heterocycles. The van der Waals surface area contributed by atoms with E-state index < -0.39 is 12.1 Å². The predicted molar refractivity (Wildman–Crippen MR) is 76.2 cm³/mol. The van der Waals surface area contributed by atoms with Crippen LogP contribution in [0.4, 0.5) is 0 Å². The largest absolute Gasteiger partial charge is 0.478 e. The zero-order valence-corrected chi connectivity index (χ0v) is 12.4. The zero-order valence-electron chi connectivity index (χ0n) is 10.8. The van der Waals surface area contributed by atoms with Gasteiger partial charge in [0, 0.05) is 10.6 Å². The van der Waals surface area contributed by atoms with Gasteiger partial charge in [0.1, 0.15) is 0 Å². The van der Waals surface area contributed by atoms with Crippen LogP contribution < -0.4 is 0 Å². The van der Waals surface area contributed by atoms with E-state index in [4.69, 9.17) is 21.4 Å². The minimum atomic E-state index is -1.06. The molecule has 1 aromatic rings. The fourth-order valence-electron chi connectivity index (χ4n) is 1.30. The summed E-state index contributed by atoms with van der Waals surface area (Å²) >= 11 is 7.15. The van der Waals surface area contributed by atoms with Gasteiger partial charge in [-0.05, 0) is 32.0 Å². The summed E-state index contributed by atoms with van der Waals surface area (Å²) in [5.74, 6) is -0.621. The van der Waals surface area contributed by atoms with Gasteiger partial charge >= 0.3 is 5.97 Å². The number of hydrogen-bond acceptors (Lipinski definition) is 4. The van der Waals surface area contributed by atoms with Crippen molar-refractivity contribution in [3.8, 4) is 0 Å². The maximum Gasteiger partial charge on any atom is 0.337 e. The second kappa shape index (κ2) is 7.75. The third-order valence-corrected chi connectivity index (χ3v) is 3.70. The average molecular weight is 305 g/mol. The Labute approximate surface area is 121 Å². The third kappa shape index (κ3) is 5.82. The molecule has 1 unspecified atom stereocenters. The first-order valence-electron chi connectivity index (χ1n) is 5.85. The summed E-state index contributed by atoms with van der Waals surface area (Å²) in [6.07, 6.45) is -0.509. The summed E-state index contributed by atoms with van der Waals surface area (Å²) in [4.78, 5) is 11.7. The molecule has 0 fully saturated rings. The van der Waals surface area contributed by atoms with Crippen molar-refractivity contribution in [1.29, 1.82) is 0 Å². The summed E-state index contributed by atoms with van der Waals surface area (Å²) in [6, 6.07) is 4.78. The number of carbonyl (C=O) groups is 1. The van der Waals surface area contributed by atoms with E-state index in [1.165, 1.54) is 17.8 Å². The van der Waals surface area contributed by atoms with Crippen molar-refractivity contribution in [2.24, 2.45) is 0 Å². The van der Waals surface area contributed by atoms with Crippen molar-refractivity contribution in [2.45, 2.75) is 31.0 Å². The number of halogens is 1. The van der Waals surface area contributed by atoms with Crippen LogP contribution in [0.1, 0.15) is 24.2 Å². The van der Waals surface area contributed by atoms with Gasteiger partial charge in [-0.25, -0.2) is 4.79 Å². The van der Waals surface area contributed by atoms with Gasteiger partial charge in [-0.2, -0.15) is 0 Å². The van der Waals surface area contributed by atoms with Gasteiger partial charge in [0.05, 0.1) is 29.4 Å². The molecule has 0 spiro atoms. The minimum Gasteiger partial charge on any atom is -0.478 e. The topological polar surface area (TPSA) is 66.8 Å². The molecule has 0 heterocycles. The summed E-state index contributed by atoms with van der Waals surface area (Å²) in [6.45, 7) is 4.07. The van der Waals surface area contributed by atoms with Crippen LogP contribution in [0.5, 0.6) is 0 Å². The SMILES string of the molecule is CC(C)OCC(O)CSc1ccc(Cl)c(C(=O)O)c1. The Bertz CT molecular complexity index is 437. The Kier molecular flexibility index (Phi) is 6.65. The average Bonchev–Trinajstić information content (AvgIpc) is 2.35. The molecular formula is C13H17ClO4S. The number of aliphatic hydroxyl groups excluding tert-OH is 1. The van der Waals surface area contributed by atoms with E-state index in [0.717, 1.165) is 4.90 Å². The maximum absolute atomic E-state index is 10.9. The van der Waals surface area contributed by atoms with Crippen LogP contribution >= 0.6 is 23.4 Å². The van der Waals surface area contributed by atoms with E-state index in [1.54, 1.807) is 12.1 Å². The van der Waals surface area contributed by atoms with Crippen LogP contribution in [0, 0.1) is 0 Å². The first-order chi connectivity index (χ1) is 8.90. The molecule has 0 aliphatic heterocycles. The Morgan fingerprint density at radius 1 is 1.47 bits per heavy atom. The van der Waals surface area contributed by atoms with E-state index >= 15 is 0 Å². The fourth-order valence-corrected chi connectivity index (χ4v) is 2.35. The molecular weight excluding hydrogens is 288 g/mol. The molecule has 2 N–H and O–H groups in total. The van der Waals surface area contributed by atoms with Gasteiger partial charge in [0.25, 0.3) is 0 Å². The van der Waals surface area contributed by atoms with Gasteiger partial charge in [0.2, 0.25) is 0 Å². The van der Waals surface area contributed by atoms with E-state index in [-0.39, 0.29) is 23.3 Å². The Balaban J connectivity index is 2.54. The van der Waals surface area contributed by atoms with E-state index in [2.05, 4.69) is 0 Å². The molecule has 0 aliphatic rings. The van der Waals surface area contributed by atoms with Gasteiger partial charge < -0.3 is 14.9 Å². The summed E-state index contributed by atoms with van der Waals surface area (Å²) < 4.78 is 5.29. The van der Waals surface area contributed by atoms with Crippen LogP contribution in [-0.4, -0.2) is 40.8 Å². The highest BCUT2D eigenvalue weighted by atomic mass is 35.5. The highest BCUT2D eigenvalue weighted by Crippen LogP contribution is 2.25. The number of benzene rings is 1. The van der Waals surface area contributed by atoms with Gasteiger partial charge in [-0.3, -0.25) is 0 Å². The molecule has 0 aromatic heterocycles. The molecule has 0 bridgehead atoms. The molecule has 1 atom stereocenters. The lowest BCUT2D eigenvalue weighted by Crippen LogP contribution is -2.20. The molecule has 4 nitrogen and oxygen atoms in total. The smallest absolute Gasteiger partial charge is 0.337 e. The second-order valence-electron chi connectivity index (χ2n) is 4.29. The molecule has 0 saturated carbocycles. The molecule has 1 aromatic carbocycles. The van der Waals surface area contributed by atoms with Gasteiger partial charge in [-0.1, -0.05) is 11.6 Å². The number of hydrogen-bond donors (Lipinski definition) is 2. The van der Waals surface area contributed by atoms with Gasteiger partial charge in [-0.15, -0.1) is 11.8 Å². The van der Waals surface area contributed by atoms with Crippen LogP contribution in [0.15, 0.2) is 23.1 Å². The molecule has 6 heteroatoms. The lowest BCUT2D eigenvalue weighted by atomic mass is 10.2. The Morgan fingerprint density at radius 3 is 2.74 bits per heavy atom. The number of thioether (sulfide) groups is 1. The predicted octanol–water partition coefficient (Wildman–Crippen LogP) is 2.92. The molecule has 1 rings (SSSR count). The Hall–Kier alpha value is -0.750. The van der Waals surface area contributed by atoms with Crippen molar-refractivity contribution in [1.82, 2.24) is 0 Å². The van der Waals surface area contributed by atoms with E-state index in [0.29, 0.717) is 5.75 Å². The first-order valence-corrected chi connectivity index (χ1v) is 7.21. The van der Waals surface area contributed by atoms with Crippen LogP contribution in [0.2, 0.25) is 5.02 Å². The van der Waals surface area contributed by atoms with E-state index in [1.807, 2.05) is 13.8 Å². The number of ether oxygens (including phenoxy) is 1. The zero-order chi connectivity index (χ0) is 14.4. The number of aromatic carboxylic acids is 1. The lowest BCUT2D eigenvalue weighted by Gasteiger charge is -2.13. The normalized spacial score (nSPS) is 12.7. The second-order valence-corrected chi connectivity index (χ2v) is 5.79. The first kappa shape index (κ1) is 16.3. The van der Waals surface area contributed by atoms with Crippen molar-refractivity contribution in [3.63, 3.8) is 0 Å². The van der Waals surface area contributed by atoms with Crippen LogP contribution in [-0.2, 0) is 4.74 Å². The third-order valence-electron chi connectivity index (χ3n) is 2.23. The van der Waals surface area contributed by atoms with Crippen molar-refractivity contribution in [2.75, 3.05) is 12.4 Å². The molecule has 0 aliphatic carbocycles. The van der Waals surface area contributed by atoms with Crippen LogP contribution in [0.25, 0.3) is 0 Å². The quantitative estimate of drug-likeness (QED) is 0.758. The fraction of sp³-hybridized carbons (Fsp3) is 0.462. The summed E-state index contributed by atoms with van der Waals surface area (Å²) in [5, 5.41) is 18.9. The standard InChI is InChI=1S/C13H17ClO4S/c1-8(2)18-6-9(15)7-19-10-3-4-12(14)11(5-10)13(16)17/h3-5,8-9,15H,6-7H2,1-2H3,(H,16,17). The van der Waals surface area contributed by atoms with E-state index in [9.17, 15) is 9.90 Å². The van der Waals surface area contributed by atoms with Crippen molar-refractivity contribution in [3.05, 3.63) is 28.8 Å². The number of rotatable bonds is 7. The summed E-state index contributed by atoms with van der Waals surface area (Å²) in [5.41, 5.74) is 0.0691. The Morgan fingerprint density at radius 2 is 2.16 bits per heavy atom. The van der Waals surface area contributed by atoms with Gasteiger partial charge in [0.15, 0.2) is 0 Å². The molecule has 0 amide bonds. The minimum absolute atomic E-state index is 0.0691. The van der Waals surface area contributed by atoms with Crippen molar-refractivity contribution >= 4 is 29.3 Å². The maximum atomic E-state index is 10.9. The highest BCUT2D eigenvalue weighted by molar-refractivity contribution is 7.99. The monoisotopic (exact) mass is 304 g/mol. The highest BCUT2D eigenvalue weighted by Gasteiger charge is 2.11. The number of carboxylic acids is 1. The summed E-state index contributed by atoms with van der Waals surface area (Å²) in [7, 11) is 0. The van der Waals surface area contributed by atoms with Crippen molar-refractivity contribution < 1.29 is 19.7 Å². The molecule has 19 heavy (non-hydrogen) atoms. The number of aliphatic hydroxyl groups is 1. The number of carboxylic acid groups (broad SMARTS) is 1.